The first-order valence-corrected chi connectivity index (χ1v) is 10.3. The zero-order valence-electron chi connectivity index (χ0n) is 16.2. The van der Waals surface area contributed by atoms with Gasteiger partial charge < -0.3 is 10.5 Å². The number of nitrogen functional groups attached to an aromatic ring is 1. The molecule has 3 N–H and O–H groups in total. The number of aromatic nitrogens is 2. The molecule has 2 aromatic heterocycles. The zero-order chi connectivity index (χ0) is 22.0. The Balaban J connectivity index is 1.73. The minimum absolute atomic E-state index is 0.0228. The number of nitrogens with two attached hydrogens (primary N) is 1. The van der Waals surface area contributed by atoms with Crippen molar-refractivity contribution in [3.63, 3.8) is 0 Å². The minimum Gasteiger partial charge on any atom is -0.496 e. The second-order valence-electron chi connectivity index (χ2n) is 6.37. The number of nitrogens with one attached hydrogen (secondary N) is 1. The minimum atomic E-state index is -0.586. The molecule has 0 saturated carbocycles. The number of carbonyl (C=O) groups excluding carboxylic acids is 1. The van der Waals surface area contributed by atoms with Crippen LogP contribution in [-0.2, 0) is 0 Å². The number of nitrogens with zero attached hydrogens (tertiary/aromatic N) is 3. The SMILES string of the molecule is COc1ccccc1/C=N/NC(=O)c1nn(-c2ccc(Cl)cc2)c(=O)c2c(N)scc12. The number of hydrazone groups is 1. The van der Waals surface area contributed by atoms with E-state index in [-0.39, 0.29) is 11.1 Å². The summed E-state index contributed by atoms with van der Waals surface area (Å²) in [6.07, 6.45) is 1.46. The molecule has 0 aliphatic heterocycles. The number of hydrogen-bond donors (Lipinski definition) is 2. The molecule has 0 spiro atoms. The number of rotatable bonds is 5. The molecule has 10 heteroatoms. The molecule has 0 unspecified atom stereocenters. The fourth-order valence-electron chi connectivity index (χ4n) is 2.98. The average Bonchev–Trinajstić information content (AvgIpc) is 3.17. The van der Waals surface area contributed by atoms with Crippen molar-refractivity contribution >= 4 is 50.8 Å². The number of fused-ring (bicyclic) bond motifs is 1. The molecule has 0 saturated heterocycles. The first-order chi connectivity index (χ1) is 15.0. The number of ether oxygens (including phenoxy) is 1. The quantitative estimate of drug-likeness (QED) is 0.355. The topological polar surface area (TPSA) is 112 Å². The third-order valence-corrected chi connectivity index (χ3v) is 5.54. The lowest BCUT2D eigenvalue weighted by atomic mass is 10.2. The van der Waals surface area contributed by atoms with Gasteiger partial charge in [-0.25, -0.2) is 5.43 Å². The molecule has 156 valence electrons. The van der Waals surface area contributed by atoms with E-state index < -0.39 is 11.5 Å². The Morgan fingerprint density at radius 1 is 1.26 bits per heavy atom. The molecule has 8 nitrogen and oxygen atoms in total. The maximum Gasteiger partial charge on any atom is 0.292 e. The van der Waals surface area contributed by atoms with Crippen LogP contribution < -0.4 is 21.5 Å². The van der Waals surface area contributed by atoms with Crippen LogP contribution in [0.5, 0.6) is 5.75 Å². The highest BCUT2D eigenvalue weighted by Crippen LogP contribution is 2.27. The molecule has 2 aromatic carbocycles. The third-order valence-electron chi connectivity index (χ3n) is 4.48. The first-order valence-electron chi connectivity index (χ1n) is 9.02. The summed E-state index contributed by atoms with van der Waals surface area (Å²) >= 11 is 7.10. The molecule has 0 radical (unpaired) electrons. The van der Waals surface area contributed by atoms with E-state index in [0.29, 0.717) is 32.4 Å². The Kier molecular flexibility index (Phi) is 5.70. The summed E-state index contributed by atoms with van der Waals surface area (Å²) < 4.78 is 6.38. The number of benzene rings is 2. The fraction of sp³-hybridized carbons (Fsp3) is 0.0476. The molecule has 0 atom stereocenters. The second-order valence-corrected chi connectivity index (χ2v) is 7.72. The number of hydrogen-bond acceptors (Lipinski definition) is 7. The highest BCUT2D eigenvalue weighted by Gasteiger charge is 2.20. The van der Waals surface area contributed by atoms with Crippen LogP contribution >= 0.6 is 22.9 Å². The Morgan fingerprint density at radius 2 is 2.00 bits per heavy atom. The van der Waals surface area contributed by atoms with Gasteiger partial charge >= 0.3 is 0 Å². The number of amides is 1. The number of thiophene rings is 1. The maximum absolute atomic E-state index is 13.0. The molecule has 0 bridgehead atoms. The van der Waals surface area contributed by atoms with E-state index in [0.717, 1.165) is 16.0 Å². The standard InChI is InChI=1S/C21H16ClN5O3S/c1-30-16-5-3-2-4-12(16)10-24-25-20(28)18-15-11-31-19(23)17(15)21(29)27(26-18)14-8-6-13(22)7-9-14/h2-11H,23H2,1H3,(H,25,28)/b24-10+. The monoisotopic (exact) mass is 453 g/mol. The van der Waals surface area contributed by atoms with Gasteiger partial charge in [-0.2, -0.15) is 14.9 Å². The van der Waals surface area contributed by atoms with Gasteiger partial charge in [0.2, 0.25) is 0 Å². The molecule has 0 aliphatic carbocycles. The van der Waals surface area contributed by atoms with E-state index in [2.05, 4.69) is 15.6 Å². The van der Waals surface area contributed by atoms with Crippen LogP contribution in [0.1, 0.15) is 16.1 Å². The lowest BCUT2D eigenvalue weighted by Gasteiger charge is -2.09. The van der Waals surface area contributed by atoms with Crippen molar-refractivity contribution in [1.29, 1.82) is 0 Å². The highest BCUT2D eigenvalue weighted by atomic mass is 35.5. The molecular formula is C21H16ClN5O3S. The van der Waals surface area contributed by atoms with E-state index >= 15 is 0 Å². The fourth-order valence-corrected chi connectivity index (χ4v) is 3.90. The first kappa shape index (κ1) is 20.6. The summed E-state index contributed by atoms with van der Waals surface area (Å²) in [6.45, 7) is 0. The van der Waals surface area contributed by atoms with Gasteiger partial charge in [-0.15, -0.1) is 11.3 Å². The number of carbonyl (C=O) groups is 1. The molecule has 1 amide bonds. The molecule has 4 rings (SSSR count). The molecule has 2 heterocycles. The second kappa shape index (κ2) is 8.58. The van der Waals surface area contributed by atoms with Crippen molar-refractivity contribution in [1.82, 2.24) is 15.2 Å². The number of anilines is 1. The molecule has 0 aliphatic rings. The summed E-state index contributed by atoms with van der Waals surface area (Å²) in [5, 5.41) is 11.3. The van der Waals surface area contributed by atoms with E-state index in [4.69, 9.17) is 22.1 Å². The van der Waals surface area contributed by atoms with Crippen molar-refractivity contribution in [2.45, 2.75) is 0 Å². The average molecular weight is 454 g/mol. The molecule has 4 aromatic rings. The Hall–Kier alpha value is -3.69. The molecular weight excluding hydrogens is 438 g/mol. The summed E-state index contributed by atoms with van der Waals surface area (Å²) in [6, 6.07) is 13.8. The van der Waals surface area contributed by atoms with Gasteiger partial charge in [0.15, 0.2) is 5.69 Å². The van der Waals surface area contributed by atoms with Gasteiger partial charge in [0.1, 0.15) is 5.75 Å². The predicted molar refractivity (Wildman–Crippen MR) is 123 cm³/mol. The normalized spacial score (nSPS) is 11.2. The van der Waals surface area contributed by atoms with E-state index in [9.17, 15) is 9.59 Å². The van der Waals surface area contributed by atoms with Crippen molar-refractivity contribution in [3.8, 4) is 11.4 Å². The van der Waals surface area contributed by atoms with Crippen LogP contribution in [0.25, 0.3) is 16.5 Å². The number of halogens is 1. The summed E-state index contributed by atoms with van der Waals surface area (Å²) in [7, 11) is 1.55. The Bertz CT molecular complexity index is 1360. The van der Waals surface area contributed by atoms with Gasteiger partial charge in [0.25, 0.3) is 11.5 Å². The molecule has 0 fully saturated rings. The van der Waals surface area contributed by atoms with Gasteiger partial charge in [-0.05, 0) is 36.4 Å². The van der Waals surface area contributed by atoms with Gasteiger partial charge in [-0.1, -0.05) is 23.7 Å². The predicted octanol–water partition coefficient (Wildman–Crippen LogP) is 3.46. The van der Waals surface area contributed by atoms with Gasteiger partial charge in [0, 0.05) is 21.4 Å². The van der Waals surface area contributed by atoms with Crippen molar-refractivity contribution in [2.24, 2.45) is 5.10 Å². The van der Waals surface area contributed by atoms with Crippen molar-refractivity contribution in [3.05, 3.63) is 80.5 Å². The van der Waals surface area contributed by atoms with Crippen molar-refractivity contribution < 1.29 is 9.53 Å². The van der Waals surface area contributed by atoms with Gasteiger partial charge in [-0.3, -0.25) is 9.59 Å². The van der Waals surface area contributed by atoms with E-state index in [1.54, 1.807) is 48.9 Å². The third kappa shape index (κ3) is 4.00. The largest absolute Gasteiger partial charge is 0.496 e. The zero-order valence-corrected chi connectivity index (χ0v) is 17.8. The maximum atomic E-state index is 13.0. The van der Waals surface area contributed by atoms with Crippen LogP contribution in [0.3, 0.4) is 0 Å². The van der Waals surface area contributed by atoms with Crippen LogP contribution in [0, 0.1) is 0 Å². The van der Waals surface area contributed by atoms with Crippen LogP contribution in [-0.4, -0.2) is 29.0 Å². The van der Waals surface area contributed by atoms with Crippen LogP contribution in [0.4, 0.5) is 5.00 Å². The smallest absolute Gasteiger partial charge is 0.292 e. The van der Waals surface area contributed by atoms with Crippen molar-refractivity contribution in [2.75, 3.05) is 12.8 Å². The number of para-hydroxylation sites is 1. The summed E-state index contributed by atoms with van der Waals surface area (Å²) in [5.41, 5.74) is 9.19. The Morgan fingerprint density at radius 3 is 2.74 bits per heavy atom. The lowest BCUT2D eigenvalue weighted by Crippen LogP contribution is -2.28. The summed E-state index contributed by atoms with van der Waals surface area (Å²) in [4.78, 5) is 25.8. The van der Waals surface area contributed by atoms with E-state index in [1.807, 2.05) is 12.1 Å². The lowest BCUT2D eigenvalue weighted by molar-refractivity contribution is 0.0950. The van der Waals surface area contributed by atoms with E-state index in [1.165, 1.54) is 6.21 Å². The summed E-state index contributed by atoms with van der Waals surface area (Å²) in [5.74, 6) is 0.0274. The highest BCUT2D eigenvalue weighted by molar-refractivity contribution is 7.15. The molecule has 31 heavy (non-hydrogen) atoms. The van der Waals surface area contributed by atoms with Crippen LogP contribution in [0.2, 0.25) is 5.02 Å². The number of methoxy groups -OCH3 is 1. The van der Waals surface area contributed by atoms with Crippen LogP contribution in [0.15, 0.2) is 63.8 Å². The van der Waals surface area contributed by atoms with Gasteiger partial charge in [0.05, 0.1) is 29.4 Å². The Labute approximate surface area is 185 Å².